The van der Waals surface area contributed by atoms with E-state index in [4.69, 9.17) is 10.00 Å². The Morgan fingerprint density at radius 3 is 2.76 bits per heavy atom. The Morgan fingerprint density at radius 1 is 1.29 bits per heavy atom. The number of nitriles is 1. The zero-order chi connectivity index (χ0) is 12.3. The third kappa shape index (κ3) is 2.22. The Bertz CT molecular complexity index is 570. The van der Waals surface area contributed by atoms with E-state index in [1.807, 2.05) is 42.5 Å². The van der Waals surface area contributed by atoms with E-state index in [2.05, 4.69) is 0 Å². The number of aliphatic hydroxyl groups excluding tert-OH is 1. The van der Waals surface area contributed by atoms with Gasteiger partial charge in [-0.25, -0.2) is 0 Å². The molecule has 2 aromatic rings. The maximum Gasteiger partial charge on any atom is 0.174 e. The maximum absolute atomic E-state index is 9.70. The molecule has 0 radical (unpaired) electrons. The van der Waals surface area contributed by atoms with Gasteiger partial charge in [0.1, 0.15) is 11.8 Å². The van der Waals surface area contributed by atoms with Crippen LogP contribution in [0.5, 0.6) is 5.75 Å². The predicted molar refractivity (Wildman–Crippen MR) is 65.7 cm³/mol. The quantitative estimate of drug-likeness (QED) is 0.877. The van der Waals surface area contributed by atoms with Gasteiger partial charge >= 0.3 is 0 Å². The molecule has 0 aliphatic carbocycles. The van der Waals surface area contributed by atoms with Crippen LogP contribution in [0.1, 0.15) is 18.6 Å². The van der Waals surface area contributed by atoms with Crippen LogP contribution in [0, 0.1) is 11.3 Å². The molecule has 17 heavy (non-hydrogen) atoms. The van der Waals surface area contributed by atoms with E-state index < -0.39 is 6.10 Å². The highest BCUT2D eigenvalue weighted by atomic mass is 16.5. The van der Waals surface area contributed by atoms with Crippen LogP contribution in [0.15, 0.2) is 36.4 Å². The number of fused-ring (bicyclic) bond motifs is 1. The molecule has 0 fully saturated rings. The van der Waals surface area contributed by atoms with Crippen molar-refractivity contribution in [3.63, 3.8) is 0 Å². The molecule has 0 heterocycles. The van der Waals surface area contributed by atoms with Crippen LogP contribution in [0.25, 0.3) is 10.8 Å². The lowest BCUT2D eigenvalue weighted by Gasteiger charge is -2.14. The molecule has 0 amide bonds. The van der Waals surface area contributed by atoms with Gasteiger partial charge in [0, 0.05) is 10.9 Å². The van der Waals surface area contributed by atoms with Crippen molar-refractivity contribution in [1.82, 2.24) is 0 Å². The molecule has 0 aliphatic heterocycles. The molecule has 0 spiro atoms. The summed E-state index contributed by atoms with van der Waals surface area (Å²) in [6.45, 7) is 1.66. The van der Waals surface area contributed by atoms with Gasteiger partial charge in [-0.3, -0.25) is 0 Å². The highest BCUT2D eigenvalue weighted by Gasteiger charge is 2.12. The molecule has 3 nitrogen and oxygen atoms in total. The summed E-state index contributed by atoms with van der Waals surface area (Å²) in [4.78, 5) is 0. The molecular weight excluding hydrogens is 214 g/mol. The summed E-state index contributed by atoms with van der Waals surface area (Å²) in [6, 6.07) is 13.5. The van der Waals surface area contributed by atoms with Gasteiger partial charge in [0.05, 0.1) is 6.10 Å². The van der Waals surface area contributed by atoms with E-state index in [1.165, 1.54) is 0 Å². The number of ether oxygens (including phenoxy) is 1. The SMILES string of the molecule is CC(O)c1ccc2ccccc2c1OCC#N. The molecule has 0 aliphatic rings. The second-order valence-corrected chi connectivity index (χ2v) is 3.83. The van der Waals surface area contributed by atoms with Crippen molar-refractivity contribution < 1.29 is 9.84 Å². The van der Waals surface area contributed by atoms with Crippen molar-refractivity contribution in [2.75, 3.05) is 6.61 Å². The molecule has 0 bridgehead atoms. The minimum atomic E-state index is -0.617. The van der Waals surface area contributed by atoms with E-state index in [0.717, 1.165) is 10.8 Å². The maximum atomic E-state index is 9.70. The first-order valence-electron chi connectivity index (χ1n) is 5.43. The summed E-state index contributed by atoms with van der Waals surface area (Å²) >= 11 is 0. The molecule has 3 heteroatoms. The van der Waals surface area contributed by atoms with E-state index in [-0.39, 0.29) is 6.61 Å². The Hall–Kier alpha value is -2.05. The minimum Gasteiger partial charge on any atom is -0.478 e. The van der Waals surface area contributed by atoms with Gasteiger partial charge in [0.25, 0.3) is 0 Å². The first-order valence-corrected chi connectivity index (χ1v) is 5.43. The van der Waals surface area contributed by atoms with Crippen LogP contribution in [0.3, 0.4) is 0 Å². The fourth-order valence-corrected chi connectivity index (χ4v) is 1.85. The van der Waals surface area contributed by atoms with E-state index in [0.29, 0.717) is 11.3 Å². The Balaban J connectivity index is 2.62. The summed E-state index contributed by atoms with van der Waals surface area (Å²) in [5.41, 5.74) is 0.707. The van der Waals surface area contributed by atoms with Crippen molar-refractivity contribution >= 4 is 10.8 Å². The second kappa shape index (κ2) is 4.86. The van der Waals surface area contributed by atoms with Gasteiger partial charge in [0.15, 0.2) is 6.61 Å². The van der Waals surface area contributed by atoms with Crippen molar-refractivity contribution in [2.45, 2.75) is 13.0 Å². The number of nitrogens with zero attached hydrogens (tertiary/aromatic N) is 1. The first-order chi connectivity index (χ1) is 8.24. The zero-order valence-electron chi connectivity index (χ0n) is 9.55. The van der Waals surface area contributed by atoms with Crippen LogP contribution in [0.4, 0.5) is 0 Å². The van der Waals surface area contributed by atoms with Crippen molar-refractivity contribution in [1.29, 1.82) is 5.26 Å². The Morgan fingerprint density at radius 2 is 2.06 bits per heavy atom. The topological polar surface area (TPSA) is 53.2 Å². The lowest BCUT2D eigenvalue weighted by Crippen LogP contribution is -2.01. The average Bonchev–Trinajstić information content (AvgIpc) is 2.35. The van der Waals surface area contributed by atoms with E-state index in [1.54, 1.807) is 6.92 Å². The second-order valence-electron chi connectivity index (χ2n) is 3.83. The van der Waals surface area contributed by atoms with Crippen LogP contribution in [0.2, 0.25) is 0 Å². The van der Waals surface area contributed by atoms with E-state index in [9.17, 15) is 5.11 Å². The highest BCUT2D eigenvalue weighted by molar-refractivity contribution is 5.89. The number of hydrogen-bond donors (Lipinski definition) is 1. The van der Waals surface area contributed by atoms with Gasteiger partial charge in [0.2, 0.25) is 0 Å². The predicted octanol–water partition coefficient (Wildman–Crippen LogP) is 2.80. The molecule has 0 aromatic heterocycles. The largest absolute Gasteiger partial charge is 0.478 e. The molecule has 1 unspecified atom stereocenters. The van der Waals surface area contributed by atoms with Crippen molar-refractivity contribution in [2.24, 2.45) is 0 Å². The van der Waals surface area contributed by atoms with Crippen LogP contribution >= 0.6 is 0 Å². The molecule has 1 atom stereocenters. The van der Waals surface area contributed by atoms with Gasteiger partial charge in [-0.1, -0.05) is 36.4 Å². The van der Waals surface area contributed by atoms with E-state index >= 15 is 0 Å². The standard InChI is InChI=1S/C14H13NO2/c1-10(16)12-7-6-11-4-2-3-5-13(11)14(12)17-9-8-15/h2-7,10,16H,9H2,1H3. The van der Waals surface area contributed by atoms with Crippen LogP contribution in [-0.2, 0) is 0 Å². The molecule has 1 N–H and O–H groups in total. The summed E-state index contributed by atoms with van der Waals surface area (Å²) in [7, 11) is 0. The average molecular weight is 227 g/mol. The third-order valence-corrected chi connectivity index (χ3v) is 2.64. The first kappa shape index (κ1) is 11.4. The Labute approximate surface area is 99.9 Å². The molecule has 86 valence electrons. The minimum absolute atomic E-state index is 0.0201. The van der Waals surface area contributed by atoms with Gasteiger partial charge in [-0.2, -0.15) is 5.26 Å². The van der Waals surface area contributed by atoms with Crippen LogP contribution < -0.4 is 4.74 Å². The molecule has 2 aromatic carbocycles. The fourth-order valence-electron chi connectivity index (χ4n) is 1.85. The Kier molecular flexibility index (Phi) is 3.27. The molecule has 0 saturated heterocycles. The number of benzene rings is 2. The van der Waals surface area contributed by atoms with Gasteiger partial charge in [-0.05, 0) is 12.3 Å². The summed E-state index contributed by atoms with van der Waals surface area (Å²) in [5.74, 6) is 0.597. The van der Waals surface area contributed by atoms with Crippen LogP contribution in [-0.4, -0.2) is 11.7 Å². The normalized spacial score (nSPS) is 12.1. The monoisotopic (exact) mass is 227 g/mol. The fraction of sp³-hybridized carbons (Fsp3) is 0.214. The summed E-state index contributed by atoms with van der Waals surface area (Å²) in [6.07, 6.45) is -0.617. The lowest BCUT2D eigenvalue weighted by molar-refractivity contribution is 0.193. The molecule has 2 rings (SSSR count). The third-order valence-electron chi connectivity index (χ3n) is 2.64. The smallest absolute Gasteiger partial charge is 0.174 e. The van der Waals surface area contributed by atoms with Gasteiger partial charge < -0.3 is 9.84 Å². The highest BCUT2D eigenvalue weighted by Crippen LogP contribution is 2.33. The summed E-state index contributed by atoms with van der Waals surface area (Å²) < 4.78 is 5.44. The lowest BCUT2D eigenvalue weighted by atomic mass is 10.0. The van der Waals surface area contributed by atoms with Gasteiger partial charge in [-0.15, -0.1) is 0 Å². The summed E-state index contributed by atoms with van der Waals surface area (Å²) in [5, 5.41) is 20.2. The van der Waals surface area contributed by atoms with Crippen molar-refractivity contribution in [3.8, 4) is 11.8 Å². The van der Waals surface area contributed by atoms with Crippen molar-refractivity contribution in [3.05, 3.63) is 42.0 Å². The number of rotatable bonds is 3. The number of aliphatic hydroxyl groups is 1. The molecular formula is C14H13NO2. The molecule has 0 saturated carbocycles. The number of hydrogen-bond acceptors (Lipinski definition) is 3. The zero-order valence-corrected chi connectivity index (χ0v) is 9.55.